The quantitative estimate of drug-likeness (QED) is 0.750. The Morgan fingerprint density at radius 1 is 1.25 bits per heavy atom. The van der Waals surface area contributed by atoms with Crippen molar-refractivity contribution in [3.8, 4) is 0 Å². The van der Waals surface area contributed by atoms with Crippen LogP contribution in [0.1, 0.15) is 65.2 Å². The summed E-state index contributed by atoms with van der Waals surface area (Å²) in [6, 6.07) is 0.0866. The van der Waals surface area contributed by atoms with E-state index in [1.54, 1.807) is 4.90 Å². The van der Waals surface area contributed by atoms with E-state index in [0.717, 1.165) is 25.7 Å². The zero-order valence-electron chi connectivity index (χ0n) is 12.7. The molecule has 0 aliphatic heterocycles. The van der Waals surface area contributed by atoms with Gasteiger partial charge in [-0.1, -0.05) is 19.3 Å². The monoisotopic (exact) mass is 284 g/mol. The molecule has 5 nitrogen and oxygen atoms in total. The van der Waals surface area contributed by atoms with E-state index < -0.39 is 5.97 Å². The van der Waals surface area contributed by atoms with Crippen molar-refractivity contribution in [1.82, 2.24) is 4.90 Å². The van der Waals surface area contributed by atoms with Gasteiger partial charge in [0.15, 0.2) is 0 Å². The Bertz CT molecular complexity index is 336. The van der Waals surface area contributed by atoms with Gasteiger partial charge in [-0.05, 0) is 33.1 Å². The molecule has 1 rings (SSSR count). The number of nitrogens with zero attached hydrogens (tertiary/aromatic N) is 1. The van der Waals surface area contributed by atoms with Crippen molar-refractivity contribution >= 4 is 11.9 Å². The zero-order chi connectivity index (χ0) is 15.2. The van der Waals surface area contributed by atoms with Gasteiger partial charge < -0.3 is 15.7 Å². The molecule has 3 N–H and O–H groups in total. The van der Waals surface area contributed by atoms with Crippen LogP contribution < -0.4 is 5.73 Å². The number of rotatable bonds is 7. The topological polar surface area (TPSA) is 83.6 Å². The molecule has 1 fully saturated rings. The lowest BCUT2D eigenvalue weighted by Crippen LogP contribution is -2.48. The number of carboxylic acids is 1. The van der Waals surface area contributed by atoms with E-state index in [1.807, 2.05) is 13.8 Å². The molecule has 1 saturated carbocycles. The molecule has 116 valence electrons. The van der Waals surface area contributed by atoms with Crippen molar-refractivity contribution in [1.29, 1.82) is 0 Å². The molecule has 5 heteroatoms. The molecule has 1 amide bonds. The highest BCUT2D eigenvalue weighted by atomic mass is 16.4. The average molecular weight is 284 g/mol. The van der Waals surface area contributed by atoms with Crippen LogP contribution in [0.5, 0.6) is 0 Å². The molecule has 0 aromatic heterocycles. The van der Waals surface area contributed by atoms with E-state index in [0.29, 0.717) is 19.4 Å². The molecule has 0 unspecified atom stereocenters. The molecule has 0 saturated heterocycles. The van der Waals surface area contributed by atoms with E-state index in [4.69, 9.17) is 10.8 Å². The molecule has 0 bridgehead atoms. The molecule has 0 aromatic carbocycles. The van der Waals surface area contributed by atoms with Crippen molar-refractivity contribution < 1.29 is 14.7 Å². The molecule has 0 radical (unpaired) electrons. The molecule has 1 aliphatic rings. The predicted molar refractivity (Wildman–Crippen MR) is 78.3 cm³/mol. The summed E-state index contributed by atoms with van der Waals surface area (Å²) in [5.74, 6) is -0.751. The van der Waals surface area contributed by atoms with Gasteiger partial charge in [0.05, 0.1) is 0 Å². The molecular formula is C15H28N2O3. The van der Waals surface area contributed by atoms with Gasteiger partial charge in [-0.2, -0.15) is 0 Å². The first-order valence-electron chi connectivity index (χ1n) is 7.64. The van der Waals surface area contributed by atoms with Crippen molar-refractivity contribution in [3.63, 3.8) is 0 Å². The number of hydrogen-bond donors (Lipinski definition) is 2. The number of carbonyl (C=O) groups excluding carboxylic acids is 1. The largest absolute Gasteiger partial charge is 0.481 e. The van der Waals surface area contributed by atoms with Crippen LogP contribution in [0.3, 0.4) is 0 Å². The van der Waals surface area contributed by atoms with E-state index in [2.05, 4.69) is 0 Å². The SMILES string of the molecule is CC(C)N(CCCC(=O)O)C(=O)CC1(N)CCCCC1. The predicted octanol–water partition coefficient (Wildman–Crippen LogP) is 2.14. The maximum Gasteiger partial charge on any atom is 0.303 e. The summed E-state index contributed by atoms with van der Waals surface area (Å²) in [5, 5.41) is 8.68. The van der Waals surface area contributed by atoms with Gasteiger partial charge >= 0.3 is 5.97 Å². The summed E-state index contributed by atoms with van der Waals surface area (Å²) in [5.41, 5.74) is 5.98. The molecular weight excluding hydrogens is 256 g/mol. The van der Waals surface area contributed by atoms with Gasteiger partial charge in [0.25, 0.3) is 0 Å². The van der Waals surface area contributed by atoms with Crippen LogP contribution >= 0.6 is 0 Å². The van der Waals surface area contributed by atoms with Crippen LogP contribution in [-0.2, 0) is 9.59 Å². The normalized spacial score (nSPS) is 18.0. The lowest BCUT2D eigenvalue weighted by atomic mass is 9.80. The van der Waals surface area contributed by atoms with E-state index in [9.17, 15) is 9.59 Å². The van der Waals surface area contributed by atoms with Crippen LogP contribution in [0.4, 0.5) is 0 Å². The van der Waals surface area contributed by atoms with Crippen LogP contribution in [0.15, 0.2) is 0 Å². The maximum atomic E-state index is 12.4. The number of aliphatic carboxylic acids is 1. The van der Waals surface area contributed by atoms with E-state index in [1.165, 1.54) is 6.42 Å². The summed E-state index contributed by atoms with van der Waals surface area (Å²) in [6.45, 7) is 4.42. The fourth-order valence-corrected chi connectivity index (χ4v) is 2.91. The van der Waals surface area contributed by atoms with Gasteiger partial charge in [0, 0.05) is 31.0 Å². The molecule has 0 atom stereocenters. The van der Waals surface area contributed by atoms with Gasteiger partial charge in [-0.3, -0.25) is 9.59 Å². The van der Waals surface area contributed by atoms with Crippen molar-refractivity contribution in [2.45, 2.75) is 76.8 Å². The van der Waals surface area contributed by atoms with E-state index in [-0.39, 0.29) is 23.9 Å². The average Bonchev–Trinajstić information content (AvgIpc) is 2.33. The third-order valence-corrected chi connectivity index (χ3v) is 4.09. The number of carbonyl (C=O) groups is 2. The second kappa shape index (κ2) is 7.62. The smallest absolute Gasteiger partial charge is 0.303 e. The van der Waals surface area contributed by atoms with Crippen molar-refractivity contribution in [3.05, 3.63) is 0 Å². The first-order valence-corrected chi connectivity index (χ1v) is 7.64. The lowest BCUT2D eigenvalue weighted by Gasteiger charge is -2.36. The van der Waals surface area contributed by atoms with Crippen molar-refractivity contribution in [2.75, 3.05) is 6.54 Å². The van der Waals surface area contributed by atoms with Gasteiger partial charge in [-0.15, -0.1) is 0 Å². The Labute approximate surface area is 121 Å². The summed E-state index contributed by atoms with van der Waals surface area (Å²) >= 11 is 0. The maximum absolute atomic E-state index is 12.4. The summed E-state index contributed by atoms with van der Waals surface area (Å²) in [6.07, 6.45) is 6.23. The number of nitrogens with two attached hydrogens (primary N) is 1. The van der Waals surface area contributed by atoms with Gasteiger partial charge in [-0.25, -0.2) is 0 Å². The summed E-state index contributed by atoms with van der Waals surface area (Å²) < 4.78 is 0. The Balaban J connectivity index is 2.52. The number of amides is 1. The molecule has 1 aliphatic carbocycles. The van der Waals surface area contributed by atoms with Crippen LogP contribution in [0, 0.1) is 0 Å². The van der Waals surface area contributed by atoms with Crippen LogP contribution in [-0.4, -0.2) is 40.0 Å². The third kappa shape index (κ3) is 5.49. The molecule has 0 spiro atoms. The molecule has 0 aromatic rings. The minimum absolute atomic E-state index is 0.0646. The van der Waals surface area contributed by atoms with Gasteiger partial charge in [0.1, 0.15) is 0 Å². The Morgan fingerprint density at radius 3 is 2.35 bits per heavy atom. The second-order valence-corrected chi connectivity index (χ2v) is 6.28. The third-order valence-electron chi connectivity index (χ3n) is 4.09. The number of hydrogen-bond acceptors (Lipinski definition) is 3. The minimum Gasteiger partial charge on any atom is -0.481 e. The first kappa shape index (κ1) is 17.0. The Morgan fingerprint density at radius 2 is 1.85 bits per heavy atom. The fraction of sp³-hybridized carbons (Fsp3) is 0.867. The Hall–Kier alpha value is -1.10. The molecule has 0 heterocycles. The van der Waals surface area contributed by atoms with Gasteiger partial charge in [0.2, 0.25) is 5.91 Å². The fourth-order valence-electron chi connectivity index (χ4n) is 2.91. The molecule has 20 heavy (non-hydrogen) atoms. The summed E-state index contributed by atoms with van der Waals surface area (Å²) in [4.78, 5) is 24.8. The highest BCUT2D eigenvalue weighted by Crippen LogP contribution is 2.29. The second-order valence-electron chi connectivity index (χ2n) is 6.28. The van der Waals surface area contributed by atoms with Crippen LogP contribution in [0.2, 0.25) is 0 Å². The summed E-state index contributed by atoms with van der Waals surface area (Å²) in [7, 11) is 0. The lowest BCUT2D eigenvalue weighted by molar-refractivity contribution is -0.139. The Kier molecular flexibility index (Phi) is 6.46. The van der Waals surface area contributed by atoms with Crippen LogP contribution in [0.25, 0.3) is 0 Å². The highest BCUT2D eigenvalue weighted by Gasteiger charge is 2.32. The minimum atomic E-state index is -0.816. The number of carboxylic acid groups (broad SMARTS) is 1. The highest BCUT2D eigenvalue weighted by molar-refractivity contribution is 5.77. The van der Waals surface area contributed by atoms with E-state index >= 15 is 0 Å². The van der Waals surface area contributed by atoms with Crippen molar-refractivity contribution in [2.24, 2.45) is 5.73 Å². The first-order chi connectivity index (χ1) is 9.34. The zero-order valence-corrected chi connectivity index (χ0v) is 12.7. The standard InChI is InChI=1S/C15H28N2O3/c1-12(2)17(10-6-7-14(19)20)13(18)11-15(16)8-4-3-5-9-15/h12H,3-11,16H2,1-2H3,(H,19,20).